The van der Waals surface area contributed by atoms with E-state index < -0.39 is 0 Å². The Balaban J connectivity index is 2.26. The topological polar surface area (TPSA) is 59.0 Å². The molecule has 0 bridgehead atoms. The van der Waals surface area contributed by atoms with Crippen molar-refractivity contribution in [2.24, 2.45) is 5.92 Å². The van der Waals surface area contributed by atoms with Gasteiger partial charge in [-0.15, -0.1) is 0 Å². The summed E-state index contributed by atoms with van der Waals surface area (Å²) in [7, 11) is 3.10. The Labute approximate surface area is 133 Å². The van der Waals surface area contributed by atoms with Crippen LogP contribution >= 0.6 is 15.9 Å². The van der Waals surface area contributed by atoms with Gasteiger partial charge in [0.25, 0.3) is 5.91 Å². The Kier molecular flexibility index (Phi) is 5.47. The summed E-state index contributed by atoms with van der Waals surface area (Å²) in [5, 5.41) is 9.28. The molecule has 0 saturated carbocycles. The highest BCUT2D eigenvalue weighted by Crippen LogP contribution is 2.36. The van der Waals surface area contributed by atoms with Crippen molar-refractivity contribution in [2.75, 3.05) is 33.9 Å². The van der Waals surface area contributed by atoms with E-state index >= 15 is 0 Å². The molecule has 1 saturated heterocycles. The number of likely N-dealkylation sites (tertiary alicyclic amines) is 1. The van der Waals surface area contributed by atoms with Crippen molar-refractivity contribution in [3.05, 3.63) is 22.2 Å². The lowest BCUT2D eigenvalue weighted by atomic mass is 9.98. The normalized spacial score (nSPS) is 18.5. The van der Waals surface area contributed by atoms with Crippen LogP contribution in [0.1, 0.15) is 23.2 Å². The first-order valence-corrected chi connectivity index (χ1v) is 7.71. The maximum Gasteiger partial charge on any atom is 0.254 e. The van der Waals surface area contributed by atoms with Crippen LogP contribution in [-0.4, -0.2) is 49.8 Å². The zero-order valence-corrected chi connectivity index (χ0v) is 13.9. The van der Waals surface area contributed by atoms with E-state index in [0.29, 0.717) is 28.1 Å². The van der Waals surface area contributed by atoms with Crippen molar-refractivity contribution in [1.82, 2.24) is 4.90 Å². The second-order valence-electron chi connectivity index (χ2n) is 5.14. The molecule has 0 spiro atoms. The predicted octanol–water partition coefficient (Wildman–Crippen LogP) is 2.31. The van der Waals surface area contributed by atoms with E-state index in [4.69, 9.17) is 9.47 Å². The van der Waals surface area contributed by atoms with Crippen LogP contribution in [0.4, 0.5) is 0 Å². The molecule has 5 nitrogen and oxygen atoms in total. The molecule has 1 aromatic carbocycles. The number of halogens is 1. The van der Waals surface area contributed by atoms with Crippen LogP contribution in [0.2, 0.25) is 0 Å². The summed E-state index contributed by atoms with van der Waals surface area (Å²) >= 11 is 3.39. The van der Waals surface area contributed by atoms with Gasteiger partial charge in [0.05, 0.1) is 14.2 Å². The lowest BCUT2D eigenvalue weighted by Crippen LogP contribution is -2.40. The Bertz CT molecular complexity index is 495. The SMILES string of the molecule is COc1cc(C(=O)N2CCCC(CO)C2)cc(OC)c1Br. The third-order valence-electron chi connectivity index (χ3n) is 3.76. The number of carbonyl (C=O) groups is 1. The highest BCUT2D eigenvalue weighted by Gasteiger charge is 2.25. The molecule has 1 atom stereocenters. The van der Waals surface area contributed by atoms with Gasteiger partial charge in [0.2, 0.25) is 0 Å². The van der Waals surface area contributed by atoms with Gasteiger partial charge in [-0.05, 0) is 46.8 Å². The molecule has 116 valence electrons. The third kappa shape index (κ3) is 3.49. The molecule has 1 aliphatic rings. The monoisotopic (exact) mass is 357 g/mol. The van der Waals surface area contributed by atoms with E-state index in [1.54, 1.807) is 31.3 Å². The predicted molar refractivity (Wildman–Crippen MR) is 83.0 cm³/mol. The minimum absolute atomic E-state index is 0.0581. The number of aliphatic hydroxyl groups is 1. The number of piperidine rings is 1. The van der Waals surface area contributed by atoms with E-state index in [0.717, 1.165) is 19.4 Å². The van der Waals surface area contributed by atoms with Crippen molar-refractivity contribution in [2.45, 2.75) is 12.8 Å². The largest absolute Gasteiger partial charge is 0.495 e. The Morgan fingerprint density at radius 2 is 2.00 bits per heavy atom. The molecule has 0 radical (unpaired) electrons. The fraction of sp³-hybridized carbons (Fsp3) is 0.533. The summed E-state index contributed by atoms with van der Waals surface area (Å²) in [6, 6.07) is 3.41. The van der Waals surface area contributed by atoms with Crippen LogP contribution in [0, 0.1) is 5.92 Å². The number of ether oxygens (including phenoxy) is 2. The molecular formula is C15H20BrNO4. The summed E-state index contributed by atoms with van der Waals surface area (Å²) in [6.07, 6.45) is 1.88. The first-order chi connectivity index (χ1) is 10.1. The van der Waals surface area contributed by atoms with Gasteiger partial charge in [0.15, 0.2) is 0 Å². The van der Waals surface area contributed by atoms with Crippen molar-refractivity contribution in [3.8, 4) is 11.5 Å². The fourth-order valence-corrected chi connectivity index (χ4v) is 3.13. The van der Waals surface area contributed by atoms with Crippen LogP contribution in [0.3, 0.4) is 0 Å². The highest BCUT2D eigenvalue weighted by molar-refractivity contribution is 9.10. The number of hydrogen-bond donors (Lipinski definition) is 1. The minimum atomic E-state index is -0.0581. The second-order valence-corrected chi connectivity index (χ2v) is 5.93. The van der Waals surface area contributed by atoms with Gasteiger partial charge in [-0.1, -0.05) is 0 Å². The van der Waals surface area contributed by atoms with Crippen molar-refractivity contribution in [1.29, 1.82) is 0 Å². The lowest BCUT2D eigenvalue weighted by Gasteiger charge is -2.32. The van der Waals surface area contributed by atoms with Crippen molar-refractivity contribution in [3.63, 3.8) is 0 Å². The first-order valence-electron chi connectivity index (χ1n) is 6.92. The average molecular weight is 358 g/mol. The lowest BCUT2D eigenvalue weighted by molar-refractivity contribution is 0.0620. The second kappa shape index (κ2) is 7.13. The van der Waals surface area contributed by atoms with Gasteiger partial charge in [-0.25, -0.2) is 0 Å². The summed E-state index contributed by atoms with van der Waals surface area (Å²) in [6.45, 7) is 1.43. The molecule has 1 fully saturated rings. The van der Waals surface area contributed by atoms with Gasteiger partial charge < -0.3 is 19.5 Å². The number of aliphatic hydroxyl groups excluding tert-OH is 1. The van der Waals surface area contributed by atoms with Crippen molar-refractivity contribution < 1.29 is 19.4 Å². The molecule has 1 N–H and O–H groups in total. The van der Waals surface area contributed by atoms with Crippen molar-refractivity contribution >= 4 is 21.8 Å². The molecule has 1 heterocycles. The molecular weight excluding hydrogens is 338 g/mol. The molecule has 2 rings (SSSR count). The zero-order chi connectivity index (χ0) is 15.4. The summed E-state index contributed by atoms with van der Waals surface area (Å²) in [4.78, 5) is 14.4. The Morgan fingerprint density at radius 1 is 1.38 bits per heavy atom. The number of methoxy groups -OCH3 is 2. The van der Waals surface area contributed by atoms with E-state index in [2.05, 4.69) is 15.9 Å². The fourth-order valence-electron chi connectivity index (χ4n) is 2.57. The highest BCUT2D eigenvalue weighted by atomic mass is 79.9. The maximum absolute atomic E-state index is 12.6. The van der Waals surface area contributed by atoms with Crippen LogP contribution < -0.4 is 9.47 Å². The zero-order valence-electron chi connectivity index (χ0n) is 12.3. The van der Waals surface area contributed by atoms with Gasteiger partial charge >= 0.3 is 0 Å². The number of rotatable bonds is 4. The van der Waals surface area contributed by atoms with E-state index in [1.165, 1.54) is 0 Å². The molecule has 6 heteroatoms. The number of hydrogen-bond acceptors (Lipinski definition) is 4. The smallest absolute Gasteiger partial charge is 0.254 e. The quantitative estimate of drug-likeness (QED) is 0.898. The van der Waals surface area contributed by atoms with Gasteiger partial charge in [0, 0.05) is 25.3 Å². The van der Waals surface area contributed by atoms with E-state index in [9.17, 15) is 9.90 Å². The average Bonchev–Trinajstić information content (AvgIpc) is 2.54. The number of benzene rings is 1. The Hall–Kier alpha value is -1.27. The summed E-state index contributed by atoms with van der Waals surface area (Å²) in [5.41, 5.74) is 0.533. The van der Waals surface area contributed by atoms with Gasteiger partial charge in [-0.2, -0.15) is 0 Å². The van der Waals surface area contributed by atoms with E-state index in [-0.39, 0.29) is 18.4 Å². The molecule has 21 heavy (non-hydrogen) atoms. The van der Waals surface area contributed by atoms with Crippen LogP contribution in [0.15, 0.2) is 16.6 Å². The third-order valence-corrected chi connectivity index (χ3v) is 4.54. The van der Waals surface area contributed by atoms with E-state index in [1.807, 2.05) is 0 Å². The number of nitrogens with zero attached hydrogens (tertiary/aromatic N) is 1. The molecule has 1 amide bonds. The maximum atomic E-state index is 12.6. The molecule has 1 aromatic rings. The van der Waals surface area contributed by atoms with Crippen LogP contribution in [0.25, 0.3) is 0 Å². The van der Waals surface area contributed by atoms with Crippen LogP contribution in [-0.2, 0) is 0 Å². The molecule has 1 aliphatic heterocycles. The van der Waals surface area contributed by atoms with Crippen LogP contribution in [0.5, 0.6) is 11.5 Å². The number of amides is 1. The number of carbonyl (C=O) groups excluding carboxylic acids is 1. The standard InChI is InChI=1S/C15H20BrNO4/c1-20-12-6-11(7-13(21-2)14(12)16)15(19)17-5-3-4-10(8-17)9-18/h6-7,10,18H,3-5,8-9H2,1-2H3. The summed E-state index contributed by atoms with van der Waals surface area (Å²) < 4.78 is 11.2. The Morgan fingerprint density at radius 3 is 2.52 bits per heavy atom. The van der Waals surface area contributed by atoms with Gasteiger partial charge in [-0.3, -0.25) is 4.79 Å². The summed E-state index contributed by atoms with van der Waals surface area (Å²) in [5.74, 6) is 1.24. The molecule has 1 unspecified atom stereocenters. The molecule has 0 aromatic heterocycles. The first kappa shape index (κ1) is 16.1. The molecule has 0 aliphatic carbocycles. The van der Waals surface area contributed by atoms with Gasteiger partial charge in [0.1, 0.15) is 16.0 Å². The minimum Gasteiger partial charge on any atom is -0.495 e.